The molecule has 1 aliphatic rings. The summed E-state index contributed by atoms with van der Waals surface area (Å²) in [6.07, 6.45) is 11.0. The van der Waals surface area contributed by atoms with E-state index in [-0.39, 0.29) is 30.8 Å². The lowest BCUT2D eigenvalue weighted by Gasteiger charge is -2.40. The second-order valence-electron chi connectivity index (χ2n) is 8.29. The van der Waals surface area contributed by atoms with Crippen LogP contribution in [0, 0.1) is 12.3 Å². The second kappa shape index (κ2) is 9.46. The molecule has 9 nitrogen and oxygen atoms in total. The number of nitrogens with one attached hydrogen (secondary N) is 1. The van der Waals surface area contributed by atoms with Crippen LogP contribution in [0.2, 0.25) is 0 Å². The smallest absolute Gasteiger partial charge is 0.258 e. The number of piperazine rings is 1. The van der Waals surface area contributed by atoms with E-state index in [1.54, 1.807) is 42.9 Å². The third kappa shape index (κ3) is 4.49. The van der Waals surface area contributed by atoms with Crippen LogP contribution < -0.4 is 4.90 Å². The molecule has 4 aromatic rings. The van der Waals surface area contributed by atoms with E-state index >= 15 is 0 Å². The van der Waals surface area contributed by atoms with Gasteiger partial charge in [0.2, 0.25) is 5.95 Å². The van der Waals surface area contributed by atoms with Gasteiger partial charge in [-0.05, 0) is 42.8 Å². The number of sulfonamides is 1. The predicted octanol–water partition coefficient (Wildman–Crippen LogP) is 2.26. The molecule has 1 atom stereocenters. The fourth-order valence-corrected chi connectivity index (χ4v) is 5.80. The Labute approximate surface area is 203 Å². The molecule has 0 aliphatic carbocycles. The van der Waals surface area contributed by atoms with Crippen LogP contribution in [0.25, 0.3) is 22.2 Å². The first-order valence-electron chi connectivity index (χ1n) is 11.2. The summed E-state index contributed by atoms with van der Waals surface area (Å²) in [4.78, 5) is 18.3. The Hall–Kier alpha value is -3.78. The molecule has 2 N–H and O–H groups in total. The Morgan fingerprint density at radius 2 is 1.94 bits per heavy atom. The highest BCUT2D eigenvalue weighted by atomic mass is 32.2. The largest absolute Gasteiger partial charge is 0.396 e. The van der Waals surface area contributed by atoms with Crippen molar-refractivity contribution >= 4 is 26.9 Å². The standard InChI is InChI=1S/C25H24N6O3S/c1-2-18-6-7-23-19(13-18)14-24(29-23)35(33,34)30-10-11-31(21(17-30)8-12-32)25-27-15-20(16-28-25)22-5-3-4-9-26-22/h1,3-7,9,13-16,21,29,32H,8,10-12,17H2. The monoisotopic (exact) mass is 488 g/mol. The molecule has 1 fully saturated rings. The Morgan fingerprint density at radius 3 is 2.66 bits per heavy atom. The Bertz CT molecular complexity index is 1480. The SMILES string of the molecule is C#Cc1ccc2[nH]c(S(=O)(=O)N3CCN(c4ncc(-c5ccccn5)cn4)C(CCO)C3)cc2c1. The molecule has 178 valence electrons. The number of hydrogen-bond donors (Lipinski definition) is 2. The zero-order valence-corrected chi connectivity index (χ0v) is 19.7. The van der Waals surface area contributed by atoms with Gasteiger partial charge in [0.1, 0.15) is 5.03 Å². The van der Waals surface area contributed by atoms with Crippen LogP contribution in [0.3, 0.4) is 0 Å². The molecule has 3 aromatic heterocycles. The molecule has 1 unspecified atom stereocenters. The van der Waals surface area contributed by atoms with Crippen molar-refractivity contribution in [1.82, 2.24) is 24.2 Å². The number of fused-ring (bicyclic) bond motifs is 1. The Morgan fingerprint density at radius 1 is 1.11 bits per heavy atom. The highest BCUT2D eigenvalue weighted by Crippen LogP contribution is 2.27. The lowest BCUT2D eigenvalue weighted by atomic mass is 10.1. The summed E-state index contributed by atoms with van der Waals surface area (Å²) in [6.45, 7) is 0.788. The topological polar surface area (TPSA) is 115 Å². The van der Waals surface area contributed by atoms with Gasteiger partial charge in [0.05, 0.1) is 5.69 Å². The summed E-state index contributed by atoms with van der Waals surface area (Å²) < 4.78 is 28.3. The number of benzene rings is 1. The number of pyridine rings is 1. The van der Waals surface area contributed by atoms with Crippen LogP contribution in [-0.4, -0.2) is 70.0 Å². The molecule has 0 bridgehead atoms. The lowest BCUT2D eigenvalue weighted by molar-refractivity contribution is 0.244. The minimum Gasteiger partial charge on any atom is -0.396 e. The molecule has 0 saturated carbocycles. The maximum absolute atomic E-state index is 13.4. The van der Waals surface area contributed by atoms with Crippen molar-refractivity contribution in [2.45, 2.75) is 17.5 Å². The van der Waals surface area contributed by atoms with Crippen LogP contribution in [-0.2, 0) is 10.0 Å². The molecule has 1 aromatic carbocycles. The summed E-state index contributed by atoms with van der Waals surface area (Å²) in [5.41, 5.74) is 2.95. The number of H-pyrrole nitrogens is 1. The first-order valence-corrected chi connectivity index (χ1v) is 12.6. The normalized spacial score (nSPS) is 16.9. The molecule has 5 rings (SSSR count). The third-order valence-corrected chi connectivity index (χ3v) is 7.93. The molecule has 1 aliphatic heterocycles. The number of rotatable bonds is 6. The van der Waals surface area contributed by atoms with E-state index < -0.39 is 10.0 Å². The Balaban J connectivity index is 1.37. The van der Waals surface area contributed by atoms with Crippen LogP contribution in [0.5, 0.6) is 0 Å². The van der Waals surface area contributed by atoms with E-state index in [0.717, 1.165) is 16.6 Å². The average molecular weight is 489 g/mol. The third-order valence-electron chi connectivity index (χ3n) is 6.14. The quantitative estimate of drug-likeness (QED) is 0.400. The van der Waals surface area contributed by atoms with Crippen LogP contribution >= 0.6 is 0 Å². The number of hydrogen-bond acceptors (Lipinski definition) is 7. The molecule has 4 heterocycles. The second-order valence-corrected chi connectivity index (χ2v) is 10.2. The minimum atomic E-state index is -3.77. The predicted molar refractivity (Wildman–Crippen MR) is 133 cm³/mol. The summed E-state index contributed by atoms with van der Waals surface area (Å²) >= 11 is 0. The summed E-state index contributed by atoms with van der Waals surface area (Å²) in [5, 5.41) is 10.5. The summed E-state index contributed by atoms with van der Waals surface area (Å²) in [7, 11) is -3.77. The van der Waals surface area contributed by atoms with Crippen LogP contribution in [0.1, 0.15) is 12.0 Å². The van der Waals surface area contributed by atoms with Crippen molar-refractivity contribution in [1.29, 1.82) is 0 Å². The fourth-order valence-electron chi connectivity index (χ4n) is 4.31. The molecule has 1 saturated heterocycles. The van der Waals surface area contributed by atoms with E-state index in [0.29, 0.717) is 30.0 Å². The van der Waals surface area contributed by atoms with Crippen molar-refractivity contribution in [3.8, 4) is 23.6 Å². The molecule has 35 heavy (non-hydrogen) atoms. The number of aromatic amines is 1. The Kier molecular flexibility index (Phi) is 6.21. The van der Waals surface area contributed by atoms with Crippen molar-refractivity contribution in [2.75, 3.05) is 31.1 Å². The van der Waals surface area contributed by atoms with Gasteiger partial charge < -0.3 is 15.0 Å². The van der Waals surface area contributed by atoms with Crippen LogP contribution in [0.4, 0.5) is 5.95 Å². The summed E-state index contributed by atoms with van der Waals surface area (Å²) in [6, 6.07) is 12.3. The molecule has 0 spiro atoms. The van der Waals surface area contributed by atoms with Gasteiger partial charge in [0, 0.05) is 72.9 Å². The van der Waals surface area contributed by atoms with Crippen molar-refractivity contribution in [3.05, 3.63) is 66.6 Å². The zero-order valence-electron chi connectivity index (χ0n) is 18.9. The highest BCUT2D eigenvalue weighted by Gasteiger charge is 2.35. The number of nitrogens with zero attached hydrogens (tertiary/aromatic N) is 5. The van der Waals surface area contributed by atoms with E-state index in [9.17, 15) is 13.5 Å². The highest BCUT2D eigenvalue weighted by molar-refractivity contribution is 7.89. The lowest BCUT2D eigenvalue weighted by Crippen LogP contribution is -2.55. The van der Waals surface area contributed by atoms with Gasteiger partial charge in [-0.3, -0.25) is 4.98 Å². The van der Waals surface area contributed by atoms with Gasteiger partial charge in [0.25, 0.3) is 10.0 Å². The van der Waals surface area contributed by atoms with Gasteiger partial charge in [-0.2, -0.15) is 4.31 Å². The van der Waals surface area contributed by atoms with E-state index in [2.05, 4.69) is 25.9 Å². The van der Waals surface area contributed by atoms with Gasteiger partial charge in [-0.1, -0.05) is 12.0 Å². The van der Waals surface area contributed by atoms with Crippen LogP contribution in [0.15, 0.2) is 66.1 Å². The van der Waals surface area contributed by atoms with Gasteiger partial charge in [-0.15, -0.1) is 6.42 Å². The average Bonchev–Trinajstić information content (AvgIpc) is 3.34. The minimum absolute atomic E-state index is 0.0810. The van der Waals surface area contributed by atoms with E-state index in [4.69, 9.17) is 6.42 Å². The van der Waals surface area contributed by atoms with Gasteiger partial charge >= 0.3 is 0 Å². The maximum Gasteiger partial charge on any atom is 0.258 e. The molecule has 0 radical (unpaired) electrons. The van der Waals surface area contributed by atoms with Gasteiger partial charge in [0.15, 0.2) is 0 Å². The van der Waals surface area contributed by atoms with E-state index in [1.165, 1.54) is 4.31 Å². The molecular weight excluding hydrogens is 464 g/mol. The molecule has 0 amide bonds. The number of aliphatic hydroxyl groups excluding tert-OH is 1. The zero-order chi connectivity index (χ0) is 24.4. The number of anilines is 1. The number of terminal acetylenes is 1. The summed E-state index contributed by atoms with van der Waals surface area (Å²) in [5.74, 6) is 3.06. The first-order chi connectivity index (χ1) is 17.0. The van der Waals surface area contributed by atoms with E-state index in [1.807, 2.05) is 23.1 Å². The van der Waals surface area contributed by atoms with Crippen molar-refractivity contribution in [2.24, 2.45) is 0 Å². The fraction of sp³-hybridized carbons (Fsp3) is 0.240. The molecule has 10 heteroatoms. The molecular formula is C25H24N6O3S. The number of aromatic nitrogens is 4. The van der Waals surface area contributed by atoms with Gasteiger partial charge in [-0.25, -0.2) is 18.4 Å². The first kappa shape index (κ1) is 23.0. The number of aliphatic hydroxyl groups is 1. The van der Waals surface area contributed by atoms with Crippen molar-refractivity contribution in [3.63, 3.8) is 0 Å². The maximum atomic E-state index is 13.4. The van der Waals surface area contributed by atoms with Crippen molar-refractivity contribution < 1.29 is 13.5 Å².